The van der Waals surface area contributed by atoms with Gasteiger partial charge in [-0.3, -0.25) is 0 Å². The number of hydrogen-bond acceptors (Lipinski definition) is 2. The SMILES string of the molecule is CNC(C)Cc1ccc(-c2cc(F)cc(F)c2F)o1. The van der Waals surface area contributed by atoms with Crippen LogP contribution in [-0.4, -0.2) is 13.1 Å². The molecule has 0 aliphatic carbocycles. The lowest BCUT2D eigenvalue weighted by Gasteiger charge is -2.07. The van der Waals surface area contributed by atoms with Gasteiger partial charge >= 0.3 is 0 Å². The third-order valence-corrected chi connectivity index (χ3v) is 2.92. The van der Waals surface area contributed by atoms with E-state index < -0.39 is 17.5 Å². The zero-order valence-corrected chi connectivity index (χ0v) is 10.6. The molecule has 1 atom stereocenters. The van der Waals surface area contributed by atoms with Crippen LogP contribution in [0.1, 0.15) is 12.7 Å². The normalized spacial score (nSPS) is 12.7. The molecule has 0 saturated carbocycles. The number of hydrogen-bond donors (Lipinski definition) is 1. The van der Waals surface area contributed by atoms with E-state index in [2.05, 4.69) is 5.32 Å². The van der Waals surface area contributed by atoms with Crippen molar-refractivity contribution in [3.63, 3.8) is 0 Å². The maximum Gasteiger partial charge on any atom is 0.169 e. The molecule has 0 amide bonds. The van der Waals surface area contributed by atoms with Gasteiger partial charge in [-0.2, -0.15) is 0 Å². The van der Waals surface area contributed by atoms with E-state index in [-0.39, 0.29) is 17.4 Å². The van der Waals surface area contributed by atoms with Gasteiger partial charge in [0.1, 0.15) is 17.3 Å². The molecule has 0 saturated heterocycles. The summed E-state index contributed by atoms with van der Waals surface area (Å²) in [6.07, 6.45) is 0.607. The Labute approximate surface area is 109 Å². The minimum absolute atomic E-state index is 0.120. The fraction of sp³-hybridized carbons (Fsp3) is 0.286. The van der Waals surface area contributed by atoms with E-state index in [4.69, 9.17) is 4.42 Å². The van der Waals surface area contributed by atoms with E-state index in [9.17, 15) is 13.2 Å². The van der Waals surface area contributed by atoms with Gasteiger partial charge in [-0.25, -0.2) is 13.2 Å². The second-order valence-corrected chi connectivity index (χ2v) is 4.41. The first-order valence-corrected chi connectivity index (χ1v) is 5.92. The van der Waals surface area contributed by atoms with Gasteiger partial charge < -0.3 is 9.73 Å². The van der Waals surface area contributed by atoms with Crippen LogP contribution in [0.3, 0.4) is 0 Å². The summed E-state index contributed by atoms with van der Waals surface area (Å²) >= 11 is 0. The molecule has 19 heavy (non-hydrogen) atoms. The minimum Gasteiger partial charge on any atom is -0.461 e. The minimum atomic E-state index is -1.23. The van der Waals surface area contributed by atoms with Crippen LogP contribution in [0.4, 0.5) is 13.2 Å². The molecule has 1 aromatic heterocycles. The molecule has 0 radical (unpaired) electrons. The van der Waals surface area contributed by atoms with Crippen LogP contribution in [0.2, 0.25) is 0 Å². The quantitative estimate of drug-likeness (QED) is 0.859. The molecule has 0 spiro atoms. The highest BCUT2D eigenvalue weighted by Gasteiger charge is 2.16. The summed E-state index contributed by atoms with van der Waals surface area (Å²) in [5.41, 5.74) is -0.208. The Hall–Kier alpha value is -1.75. The van der Waals surface area contributed by atoms with Crippen molar-refractivity contribution in [2.24, 2.45) is 0 Å². The predicted octanol–water partition coefficient (Wildman–Crippen LogP) is 3.51. The molecule has 2 nitrogen and oxygen atoms in total. The molecule has 102 valence electrons. The van der Waals surface area contributed by atoms with Gasteiger partial charge in [0.2, 0.25) is 0 Å². The largest absolute Gasteiger partial charge is 0.461 e. The number of nitrogens with one attached hydrogen (secondary N) is 1. The zero-order chi connectivity index (χ0) is 14.0. The molecule has 1 aromatic carbocycles. The molecule has 0 bridgehead atoms. The van der Waals surface area contributed by atoms with Crippen LogP contribution < -0.4 is 5.32 Å². The molecule has 2 aromatic rings. The van der Waals surface area contributed by atoms with Crippen LogP contribution in [0, 0.1) is 17.5 Å². The summed E-state index contributed by atoms with van der Waals surface area (Å²) in [5.74, 6) is -2.42. The maximum atomic E-state index is 13.6. The van der Waals surface area contributed by atoms with Gasteiger partial charge in [-0.1, -0.05) is 0 Å². The van der Waals surface area contributed by atoms with Gasteiger partial charge in [-0.05, 0) is 32.2 Å². The van der Waals surface area contributed by atoms with Crippen molar-refractivity contribution in [2.75, 3.05) is 7.05 Å². The number of rotatable bonds is 4. The van der Waals surface area contributed by atoms with E-state index >= 15 is 0 Å². The molecular formula is C14H14F3NO. The van der Waals surface area contributed by atoms with Crippen LogP contribution in [-0.2, 0) is 6.42 Å². The molecular weight excluding hydrogens is 255 g/mol. The standard InChI is InChI=1S/C14H14F3NO/c1-8(18-2)5-10-3-4-13(19-10)11-6-9(15)7-12(16)14(11)17/h3-4,6-8,18H,5H2,1-2H3. The molecule has 0 aliphatic rings. The molecule has 1 heterocycles. The first kappa shape index (κ1) is 13.7. The van der Waals surface area contributed by atoms with Crippen molar-refractivity contribution in [1.29, 1.82) is 0 Å². The Kier molecular flexibility index (Phi) is 3.95. The zero-order valence-electron chi connectivity index (χ0n) is 10.6. The van der Waals surface area contributed by atoms with Gasteiger partial charge in [-0.15, -0.1) is 0 Å². The lowest BCUT2D eigenvalue weighted by molar-refractivity contribution is 0.469. The van der Waals surface area contributed by atoms with Gasteiger partial charge in [0.05, 0.1) is 5.56 Å². The lowest BCUT2D eigenvalue weighted by atomic mass is 10.1. The number of likely N-dealkylation sites (N-methyl/N-ethyl adjacent to an activating group) is 1. The predicted molar refractivity (Wildman–Crippen MR) is 66.2 cm³/mol. The van der Waals surface area contributed by atoms with E-state index in [0.717, 1.165) is 6.07 Å². The maximum absolute atomic E-state index is 13.6. The Morgan fingerprint density at radius 3 is 2.63 bits per heavy atom. The topological polar surface area (TPSA) is 25.2 Å². The first-order chi connectivity index (χ1) is 9.01. The third-order valence-electron chi connectivity index (χ3n) is 2.92. The molecule has 2 rings (SSSR count). The summed E-state index contributed by atoms with van der Waals surface area (Å²) < 4.78 is 45.2. The van der Waals surface area contributed by atoms with Crippen molar-refractivity contribution in [2.45, 2.75) is 19.4 Å². The van der Waals surface area contributed by atoms with E-state index in [1.54, 1.807) is 6.07 Å². The number of furan rings is 1. The number of halogens is 3. The molecule has 1 N–H and O–H groups in total. The Morgan fingerprint density at radius 2 is 1.95 bits per heavy atom. The first-order valence-electron chi connectivity index (χ1n) is 5.92. The van der Waals surface area contributed by atoms with E-state index in [1.807, 2.05) is 14.0 Å². The fourth-order valence-electron chi connectivity index (χ4n) is 1.77. The Bertz CT molecular complexity index is 580. The molecule has 0 fully saturated rings. The average molecular weight is 269 g/mol. The van der Waals surface area contributed by atoms with Crippen LogP contribution in [0.25, 0.3) is 11.3 Å². The molecule has 0 aliphatic heterocycles. The highest BCUT2D eigenvalue weighted by molar-refractivity contribution is 5.58. The third kappa shape index (κ3) is 2.98. The Balaban J connectivity index is 2.33. The van der Waals surface area contributed by atoms with Gasteiger partial charge in [0.25, 0.3) is 0 Å². The lowest BCUT2D eigenvalue weighted by Crippen LogP contribution is -2.23. The highest BCUT2D eigenvalue weighted by atomic mass is 19.2. The second-order valence-electron chi connectivity index (χ2n) is 4.41. The van der Waals surface area contributed by atoms with Gasteiger partial charge in [0, 0.05) is 18.5 Å². The van der Waals surface area contributed by atoms with Crippen molar-refractivity contribution < 1.29 is 17.6 Å². The van der Waals surface area contributed by atoms with Crippen molar-refractivity contribution in [1.82, 2.24) is 5.32 Å². The number of benzene rings is 1. The molecule has 5 heteroatoms. The second kappa shape index (κ2) is 5.48. The fourth-order valence-corrected chi connectivity index (χ4v) is 1.77. The smallest absolute Gasteiger partial charge is 0.169 e. The van der Waals surface area contributed by atoms with Crippen molar-refractivity contribution in [3.8, 4) is 11.3 Å². The van der Waals surface area contributed by atoms with Crippen LogP contribution in [0.5, 0.6) is 0 Å². The summed E-state index contributed by atoms with van der Waals surface area (Å²) in [6.45, 7) is 1.96. The summed E-state index contributed by atoms with van der Waals surface area (Å²) in [5, 5.41) is 3.04. The molecule has 1 unspecified atom stereocenters. The summed E-state index contributed by atoms with van der Waals surface area (Å²) in [7, 11) is 1.82. The van der Waals surface area contributed by atoms with Crippen LogP contribution in [0.15, 0.2) is 28.7 Å². The van der Waals surface area contributed by atoms with Gasteiger partial charge in [0.15, 0.2) is 11.6 Å². The summed E-state index contributed by atoms with van der Waals surface area (Å²) in [4.78, 5) is 0. The average Bonchev–Trinajstić information content (AvgIpc) is 2.81. The Morgan fingerprint density at radius 1 is 1.21 bits per heavy atom. The monoisotopic (exact) mass is 269 g/mol. The van der Waals surface area contributed by atoms with E-state index in [0.29, 0.717) is 18.2 Å². The van der Waals surface area contributed by atoms with Crippen molar-refractivity contribution >= 4 is 0 Å². The van der Waals surface area contributed by atoms with E-state index in [1.165, 1.54) is 6.07 Å². The van der Waals surface area contributed by atoms with Crippen LogP contribution >= 0.6 is 0 Å². The highest BCUT2D eigenvalue weighted by Crippen LogP contribution is 2.27. The summed E-state index contributed by atoms with van der Waals surface area (Å²) in [6, 6.07) is 4.79. The van der Waals surface area contributed by atoms with Crippen molar-refractivity contribution in [3.05, 3.63) is 47.5 Å².